The van der Waals surface area contributed by atoms with Crippen LogP contribution in [0.3, 0.4) is 0 Å². The van der Waals surface area contributed by atoms with Gasteiger partial charge in [-0.2, -0.15) is 0 Å². The van der Waals surface area contributed by atoms with Crippen LogP contribution in [0.4, 0.5) is 0 Å². The molecule has 4 aromatic rings. The van der Waals surface area contributed by atoms with Crippen LogP contribution in [-0.2, 0) is 12.3 Å². The molecule has 29 heavy (non-hydrogen) atoms. The number of para-hydroxylation sites is 2. The van der Waals surface area contributed by atoms with Crippen molar-refractivity contribution in [2.75, 3.05) is 7.11 Å². The Morgan fingerprint density at radius 2 is 1.83 bits per heavy atom. The molecular formula is C23H19BrN2O2S. The van der Waals surface area contributed by atoms with E-state index in [1.54, 1.807) is 23.4 Å². The molecule has 0 amide bonds. The second kappa shape index (κ2) is 8.84. The first-order valence-corrected chi connectivity index (χ1v) is 10.9. The molecule has 0 fully saturated rings. The lowest BCUT2D eigenvalue weighted by Gasteiger charge is -2.15. The number of ether oxygens (including phenoxy) is 1. The van der Waals surface area contributed by atoms with Crippen molar-refractivity contribution in [3.63, 3.8) is 0 Å². The Morgan fingerprint density at radius 1 is 1.03 bits per heavy atom. The Balaban J connectivity index is 1.77. The lowest BCUT2D eigenvalue weighted by atomic mass is 10.2. The molecule has 0 atom stereocenters. The molecule has 1 heterocycles. The van der Waals surface area contributed by atoms with Crippen molar-refractivity contribution in [2.45, 2.75) is 17.5 Å². The summed E-state index contributed by atoms with van der Waals surface area (Å²) in [6, 6.07) is 23.4. The van der Waals surface area contributed by atoms with Crippen LogP contribution >= 0.6 is 27.7 Å². The third kappa shape index (κ3) is 4.38. The maximum Gasteiger partial charge on any atom is 0.262 e. The van der Waals surface area contributed by atoms with Crippen LogP contribution < -0.4 is 10.3 Å². The molecule has 1 aromatic heterocycles. The van der Waals surface area contributed by atoms with E-state index in [4.69, 9.17) is 9.72 Å². The van der Waals surface area contributed by atoms with Crippen molar-refractivity contribution in [3.05, 3.63) is 98.7 Å². The van der Waals surface area contributed by atoms with Crippen LogP contribution in [0.25, 0.3) is 10.9 Å². The highest BCUT2D eigenvalue weighted by molar-refractivity contribution is 9.10. The van der Waals surface area contributed by atoms with E-state index in [2.05, 4.69) is 28.1 Å². The Morgan fingerprint density at radius 3 is 2.66 bits per heavy atom. The van der Waals surface area contributed by atoms with Gasteiger partial charge in [0.1, 0.15) is 5.75 Å². The van der Waals surface area contributed by atoms with Crippen molar-refractivity contribution < 1.29 is 4.74 Å². The summed E-state index contributed by atoms with van der Waals surface area (Å²) in [5.74, 6) is 1.48. The summed E-state index contributed by atoms with van der Waals surface area (Å²) in [5, 5.41) is 1.31. The molecule has 146 valence electrons. The Hall–Kier alpha value is -2.57. The monoisotopic (exact) mass is 466 g/mol. The zero-order valence-electron chi connectivity index (χ0n) is 15.8. The SMILES string of the molecule is COc1ccccc1Cn1c(SCc2cccc(Br)c2)nc2ccccc2c1=O. The molecule has 0 aliphatic carbocycles. The lowest BCUT2D eigenvalue weighted by molar-refractivity contribution is 0.407. The quantitative estimate of drug-likeness (QED) is 0.277. The van der Waals surface area contributed by atoms with Gasteiger partial charge in [0.15, 0.2) is 5.16 Å². The fraction of sp³-hybridized carbons (Fsp3) is 0.130. The number of hydrogen-bond acceptors (Lipinski definition) is 4. The topological polar surface area (TPSA) is 44.1 Å². The molecule has 6 heteroatoms. The van der Waals surface area contributed by atoms with Gasteiger partial charge >= 0.3 is 0 Å². The standard InChI is InChI=1S/C23H19BrN2O2S/c1-28-21-12-5-2-8-17(21)14-26-22(27)19-10-3-4-11-20(19)25-23(26)29-15-16-7-6-9-18(24)13-16/h2-13H,14-15H2,1H3. The predicted molar refractivity (Wildman–Crippen MR) is 122 cm³/mol. The number of nitrogens with zero attached hydrogens (tertiary/aromatic N) is 2. The highest BCUT2D eigenvalue weighted by Crippen LogP contribution is 2.26. The summed E-state index contributed by atoms with van der Waals surface area (Å²) in [5.41, 5.74) is 2.78. The zero-order chi connectivity index (χ0) is 20.2. The Bertz CT molecular complexity index is 1220. The van der Waals surface area contributed by atoms with Crippen molar-refractivity contribution in [1.82, 2.24) is 9.55 Å². The van der Waals surface area contributed by atoms with Crippen LogP contribution in [0.15, 0.2) is 87.2 Å². The largest absolute Gasteiger partial charge is 0.496 e. The minimum absolute atomic E-state index is 0.0433. The molecule has 0 unspecified atom stereocenters. The van der Waals surface area contributed by atoms with Crippen LogP contribution in [0.2, 0.25) is 0 Å². The molecular weight excluding hydrogens is 448 g/mol. The molecule has 0 bridgehead atoms. The summed E-state index contributed by atoms with van der Waals surface area (Å²) < 4.78 is 8.25. The van der Waals surface area contributed by atoms with E-state index in [-0.39, 0.29) is 5.56 Å². The first kappa shape index (κ1) is 19.7. The number of methoxy groups -OCH3 is 1. The second-order valence-electron chi connectivity index (χ2n) is 6.53. The van der Waals surface area contributed by atoms with Crippen molar-refractivity contribution in [1.29, 1.82) is 0 Å². The number of aromatic nitrogens is 2. The Labute approximate surface area is 181 Å². The molecule has 0 spiro atoms. The van der Waals surface area contributed by atoms with Gasteiger partial charge in [-0.05, 0) is 35.9 Å². The average Bonchev–Trinajstić information content (AvgIpc) is 2.75. The molecule has 0 N–H and O–H groups in total. The van der Waals surface area contributed by atoms with Crippen molar-refractivity contribution in [2.24, 2.45) is 0 Å². The van der Waals surface area contributed by atoms with Gasteiger partial charge in [0.2, 0.25) is 0 Å². The van der Waals surface area contributed by atoms with Crippen molar-refractivity contribution in [3.8, 4) is 5.75 Å². The zero-order valence-corrected chi connectivity index (χ0v) is 18.2. The highest BCUT2D eigenvalue weighted by Gasteiger charge is 2.14. The number of halogens is 1. The van der Waals surface area contributed by atoms with Gasteiger partial charge in [0.05, 0.1) is 24.6 Å². The smallest absolute Gasteiger partial charge is 0.262 e. The van der Waals surface area contributed by atoms with E-state index >= 15 is 0 Å². The van der Waals surface area contributed by atoms with Crippen molar-refractivity contribution >= 4 is 38.6 Å². The number of rotatable bonds is 6. The van der Waals surface area contributed by atoms with Crippen LogP contribution in [0, 0.1) is 0 Å². The maximum absolute atomic E-state index is 13.3. The van der Waals surface area contributed by atoms with Crippen LogP contribution in [-0.4, -0.2) is 16.7 Å². The van der Waals surface area contributed by atoms with Gasteiger partial charge in [-0.25, -0.2) is 4.98 Å². The minimum Gasteiger partial charge on any atom is -0.496 e. The van der Waals surface area contributed by atoms with E-state index in [9.17, 15) is 4.79 Å². The van der Waals surface area contributed by atoms with E-state index in [0.717, 1.165) is 27.1 Å². The molecule has 0 saturated carbocycles. The van der Waals surface area contributed by atoms with E-state index < -0.39 is 0 Å². The van der Waals surface area contributed by atoms with Gasteiger partial charge in [0, 0.05) is 15.8 Å². The molecule has 0 aliphatic heterocycles. The van der Waals surface area contributed by atoms with Gasteiger partial charge in [-0.15, -0.1) is 0 Å². The minimum atomic E-state index is -0.0433. The summed E-state index contributed by atoms with van der Waals surface area (Å²) in [4.78, 5) is 18.1. The lowest BCUT2D eigenvalue weighted by Crippen LogP contribution is -2.24. The number of benzene rings is 3. The summed E-state index contributed by atoms with van der Waals surface area (Å²) >= 11 is 5.07. The number of thioether (sulfide) groups is 1. The van der Waals surface area contributed by atoms with Gasteiger partial charge < -0.3 is 4.74 Å². The first-order valence-electron chi connectivity index (χ1n) is 9.14. The number of fused-ring (bicyclic) bond motifs is 1. The van der Waals surface area contributed by atoms with Gasteiger partial charge in [-0.3, -0.25) is 9.36 Å². The normalized spacial score (nSPS) is 11.0. The summed E-state index contributed by atoms with van der Waals surface area (Å²) in [7, 11) is 1.64. The van der Waals surface area contributed by atoms with Crippen LogP contribution in [0.1, 0.15) is 11.1 Å². The van der Waals surface area contributed by atoms with E-state index in [1.165, 1.54) is 0 Å². The predicted octanol–water partition coefficient (Wildman–Crippen LogP) is 5.51. The molecule has 0 aliphatic rings. The fourth-order valence-electron chi connectivity index (χ4n) is 3.18. The molecule has 0 saturated heterocycles. The first-order chi connectivity index (χ1) is 14.2. The summed E-state index contributed by atoms with van der Waals surface area (Å²) in [6.07, 6.45) is 0. The molecule has 4 nitrogen and oxygen atoms in total. The summed E-state index contributed by atoms with van der Waals surface area (Å²) in [6.45, 7) is 0.404. The van der Waals surface area contributed by atoms with E-state index in [1.807, 2.05) is 60.7 Å². The second-order valence-corrected chi connectivity index (χ2v) is 8.39. The van der Waals surface area contributed by atoms with Gasteiger partial charge in [-0.1, -0.05) is 70.2 Å². The van der Waals surface area contributed by atoms with Crippen LogP contribution in [0.5, 0.6) is 5.75 Å². The van der Waals surface area contributed by atoms with E-state index in [0.29, 0.717) is 22.6 Å². The Kier molecular flexibility index (Phi) is 6.02. The fourth-order valence-corrected chi connectivity index (χ4v) is 4.56. The third-order valence-corrected chi connectivity index (χ3v) is 6.15. The molecule has 4 rings (SSSR count). The number of hydrogen-bond donors (Lipinski definition) is 0. The molecule has 0 radical (unpaired) electrons. The van der Waals surface area contributed by atoms with Gasteiger partial charge in [0.25, 0.3) is 5.56 Å². The third-order valence-electron chi connectivity index (χ3n) is 4.60. The molecule has 3 aromatic carbocycles. The highest BCUT2D eigenvalue weighted by atomic mass is 79.9. The maximum atomic E-state index is 13.3. The average molecular weight is 467 g/mol.